The molecule has 0 N–H and O–H groups in total. The first-order chi connectivity index (χ1) is 4.98. The summed E-state index contributed by atoms with van der Waals surface area (Å²) in [6.07, 6.45) is 0. The molecule has 7 heteroatoms. The minimum absolute atomic E-state index is 0.0798. The topological polar surface area (TPSA) is 78.9 Å². The van der Waals surface area contributed by atoms with Gasteiger partial charge in [0.2, 0.25) is 0 Å². The zero-order valence-corrected chi connectivity index (χ0v) is 6.88. The molecule has 0 heterocycles. The lowest BCUT2D eigenvalue weighted by molar-refractivity contribution is -0.212. The predicted octanol–water partition coefficient (Wildman–Crippen LogP) is -0.238. The van der Waals surface area contributed by atoms with Gasteiger partial charge in [-0.1, -0.05) is 0 Å². The zero-order valence-electron chi connectivity index (χ0n) is 6.06. The molecule has 0 radical (unpaired) electrons. The molecular weight excluding hydrogens is 176 g/mol. The van der Waals surface area contributed by atoms with Crippen molar-refractivity contribution in [2.75, 3.05) is 6.61 Å². The summed E-state index contributed by atoms with van der Waals surface area (Å²) in [4.78, 5) is 13.7. The molecule has 0 aromatic carbocycles. The van der Waals surface area contributed by atoms with Crippen LogP contribution in [-0.2, 0) is 28.6 Å². The fraction of sp³-hybridized carbons (Fsp3) is 0.750. The van der Waals surface area contributed by atoms with Gasteiger partial charge in [0.1, 0.15) is 0 Å². The van der Waals surface area contributed by atoms with Crippen LogP contribution in [-0.4, -0.2) is 21.0 Å². The van der Waals surface area contributed by atoms with Crippen LogP contribution < -0.4 is 0 Å². The average molecular weight is 184 g/mol. The summed E-state index contributed by atoms with van der Waals surface area (Å²) in [7, 11) is -4.17. The van der Waals surface area contributed by atoms with E-state index in [4.69, 9.17) is 0 Å². The van der Waals surface area contributed by atoms with Gasteiger partial charge >= 0.3 is 16.4 Å². The summed E-state index contributed by atoms with van der Waals surface area (Å²) in [5.41, 5.74) is 0. The molecule has 0 spiro atoms. The molecule has 11 heavy (non-hydrogen) atoms. The van der Waals surface area contributed by atoms with E-state index in [9.17, 15) is 13.2 Å². The normalized spacial score (nSPS) is 11.1. The largest absolute Gasteiger partial charge is 0.435 e. The fourth-order valence-corrected chi connectivity index (χ4v) is 0.761. The highest BCUT2D eigenvalue weighted by Gasteiger charge is 2.13. The van der Waals surface area contributed by atoms with Crippen LogP contribution in [0.4, 0.5) is 0 Å². The van der Waals surface area contributed by atoms with Gasteiger partial charge in [-0.2, -0.15) is 8.42 Å². The van der Waals surface area contributed by atoms with Crippen LogP contribution in [0.25, 0.3) is 0 Å². The molecule has 0 fully saturated rings. The van der Waals surface area contributed by atoms with Gasteiger partial charge in [0.15, 0.2) is 0 Å². The predicted molar refractivity (Wildman–Crippen MR) is 33.4 cm³/mol. The molecule has 0 amide bonds. The molecule has 66 valence electrons. The van der Waals surface area contributed by atoms with Crippen LogP contribution in [0.2, 0.25) is 0 Å². The first-order valence-corrected chi connectivity index (χ1v) is 4.07. The molecule has 0 bridgehead atoms. The third-order valence-corrected chi connectivity index (χ3v) is 1.26. The Labute approximate surface area is 64.3 Å². The van der Waals surface area contributed by atoms with Crippen LogP contribution in [0.15, 0.2) is 0 Å². The van der Waals surface area contributed by atoms with Crippen molar-refractivity contribution >= 4 is 16.4 Å². The van der Waals surface area contributed by atoms with E-state index in [1.807, 2.05) is 0 Å². The first kappa shape index (κ1) is 10.3. The highest BCUT2D eigenvalue weighted by molar-refractivity contribution is 7.81. The Morgan fingerprint density at radius 2 is 2.00 bits per heavy atom. The maximum atomic E-state index is 10.4. The van der Waals surface area contributed by atoms with Gasteiger partial charge in [0.25, 0.3) is 0 Å². The number of carbonyl (C=O) groups excluding carboxylic acids is 1. The van der Waals surface area contributed by atoms with Crippen LogP contribution in [0.1, 0.15) is 13.8 Å². The third-order valence-electron chi connectivity index (χ3n) is 0.497. The number of carbonyl (C=O) groups is 1. The Morgan fingerprint density at radius 3 is 2.36 bits per heavy atom. The van der Waals surface area contributed by atoms with E-state index in [2.05, 4.69) is 13.4 Å². The molecule has 0 saturated carbocycles. The van der Waals surface area contributed by atoms with Crippen molar-refractivity contribution in [3.05, 3.63) is 0 Å². The molecule has 0 unspecified atom stereocenters. The van der Waals surface area contributed by atoms with E-state index in [0.29, 0.717) is 0 Å². The van der Waals surface area contributed by atoms with Crippen molar-refractivity contribution in [2.45, 2.75) is 13.8 Å². The van der Waals surface area contributed by atoms with Crippen molar-refractivity contribution in [1.82, 2.24) is 0 Å². The van der Waals surface area contributed by atoms with Crippen LogP contribution in [0, 0.1) is 0 Å². The van der Waals surface area contributed by atoms with Crippen LogP contribution in [0.3, 0.4) is 0 Å². The van der Waals surface area contributed by atoms with Gasteiger partial charge in [0, 0.05) is 6.92 Å². The Morgan fingerprint density at radius 1 is 1.45 bits per heavy atom. The van der Waals surface area contributed by atoms with Gasteiger partial charge < -0.3 is 0 Å². The average Bonchev–Trinajstić information content (AvgIpc) is 1.84. The Kier molecular flexibility index (Phi) is 4.01. The molecule has 6 nitrogen and oxygen atoms in total. The molecule has 0 saturated heterocycles. The quantitative estimate of drug-likeness (QED) is 0.443. The van der Waals surface area contributed by atoms with E-state index >= 15 is 0 Å². The Hall–Kier alpha value is -0.660. The molecule has 0 aliphatic carbocycles. The number of rotatable bonds is 4. The summed E-state index contributed by atoms with van der Waals surface area (Å²) >= 11 is 0. The van der Waals surface area contributed by atoms with Gasteiger partial charge in [-0.05, 0) is 11.3 Å². The zero-order chi connectivity index (χ0) is 8.91. The van der Waals surface area contributed by atoms with Gasteiger partial charge in [-0.3, -0.25) is 4.89 Å². The van der Waals surface area contributed by atoms with Crippen LogP contribution >= 0.6 is 0 Å². The maximum absolute atomic E-state index is 10.4. The lowest BCUT2D eigenvalue weighted by atomic mass is 10.9. The monoisotopic (exact) mass is 184 g/mol. The third kappa shape index (κ3) is 5.77. The lowest BCUT2D eigenvalue weighted by Gasteiger charge is -1.99. The summed E-state index contributed by atoms with van der Waals surface area (Å²) in [5.74, 6) is -0.867. The van der Waals surface area contributed by atoms with E-state index in [1.54, 1.807) is 0 Å². The van der Waals surface area contributed by atoms with Crippen molar-refractivity contribution in [1.29, 1.82) is 0 Å². The Bertz CT molecular complexity index is 217. The SMILES string of the molecule is CCOS(=O)(=O)OOC(C)=O. The van der Waals surface area contributed by atoms with Gasteiger partial charge in [0.05, 0.1) is 6.61 Å². The molecule has 0 aliphatic heterocycles. The van der Waals surface area contributed by atoms with E-state index in [0.717, 1.165) is 6.92 Å². The smallest absolute Gasteiger partial charge is 0.280 e. The molecule has 0 aromatic heterocycles. The molecule has 0 aliphatic rings. The van der Waals surface area contributed by atoms with E-state index in [1.165, 1.54) is 6.92 Å². The summed E-state index contributed by atoms with van der Waals surface area (Å²) in [6, 6.07) is 0. The highest BCUT2D eigenvalue weighted by atomic mass is 32.3. The lowest BCUT2D eigenvalue weighted by Crippen LogP contribution is -2.12. The summed E-state index contributed by atoms with van der Waals surface area (Å²) in [5, 5.41) is 0. The van der Waals surface area contributed by atoms with E-state index in [-0.39, 0.29) is 6.61 Å². The number of hydrogen-bond donors (Lipinski definition) is 0. The fourth-order valence-electron chi connectivity index (χ4n) is 0.254. The summed E-state index contributed by atoms with van der Waals surface area (Å²) < 4.78 is 28.5. The molecule has 0 rings (SSSR count). The second-order valence-corrected chi connectivity index (χ2v) is 2.65. The van der Waals surface area contributed by atoms with Crippen molar-refractivity contribution in [3.63, 3.8) is 0 Å². The van der Waals surface area contributed by atoms with Gasteiger partial charge in [-0.25, -0.2) is 8.98 Å². The first-order valence-electron chi connectivity index (χ1n) is 2.74. The number of hydrogen-bond acceptors (Lipinski definition) is 6. The Balaban J connectivity index is 3.84. The maximum Gasteiger partial charge on any atom is 0.435 e. The second-order valence-electron chi connectivity index (χ2n) is 1.46. The van der Waals surface area contributed by atoms with Gasteiger partial charge in [-0.15, -0.1) is 0 Å². The molecular formula is C4H8O6S. The van der Waals surface area contributed by atoms with Crippen molar-refractivity contribution in [3.8, 4) is 0 Å². The second kappa shape index (κ2) is 4.27. The minimum atomic E-state index is -4.17. The highest BCUT2D eigenvalue weighted by Crippen LogP contribution is 1.95. The standard InChI is InChI=1S/C4H8O6S/c1-3-8-11(6,7)10-9-4(2)5/h3H2,1-2H3. The summed E-state index contributed by atoms with van der Waals surface area (Å²) in [6.45, 7) is 2.37. The van der Waals surface area contributed by atoms with E-state index < -0.39 is 16.4 Å². The molecule has 0 atom stereocenters. The minimum Gasteiger partial charge on any atom is -0.280 e. The molecule has 0 aromatic rings. The van der Waals surface area contributed by atoms with Crippen molar-refractivity contribution in [2.24, 2.45) is 0 Å². The van der Waals surface area contributed by atoms with Crippen molar-refractivity contribution < 1.29 is 26.6 Å². The van der Waals surface area contributed by atoms with Crippen LogP contribution in [0.5, 0.6) is 0 Å².